The fourth-order valence-corrected chi connectivity index (χ4v) is 2.81. The number of amides is 1. The zero-order valence-corrected chi connectivity index (χ0v) is 15.0. The number of aromatic nitrogens is 2. The van der Waals surface area contributed by atoms with Crippen LogP contribution in [0.25, 0.3) is 5.65 Å². The Labute approximate surface area is 148 Å². The van der Waals surface area contributed by atoms with Crippen LogP contribution in [0.3, 0.4) is 0 Å². The van der Waals surface area contributed by atoms with E-state index in [4.69, 9.17) is 0 Å². The predicted molar refractivity (Wildman–Crippen MR) is 98.4 cm³/mol. The van der Waals surface area contributed by atoms with E-state index < -0.39 is 0 Å². The molecular formula is C18H17BrN4O. The molecule has 0 fully saturated rings. The number of benzene rings is 1. The third-order valence-corrected chi connectivity index (χ3v) is 4.25. The largest absolute Gasteiger partial charge is 0.295 e. The van der Waals surface area contributed by atoms with E-state index in [0.29, 0.717) is 17.8 Å². The zero-order valence-electron chi connectivity index (χ0n) is 13.5. The van der Waals surface area contributed by atoms with E-state index in [1.807, 2.05) is 62.5 Å². The number of nitrogens with one attached hydrogen (secondary N) is 1. The van der Waals surface area contributed by atoms with Gasteiger partial charge in [-0.25, -0.2) is 10.4 Å². The van der Waals surface area contributed by atoms with Gasteiger partial charge in [0.05, 0.1) is 11.4 Å². The molecule has 0 radical (unpaired) electrons. The van der Waals surface area contributed by atoms with Crippen LogP contribution in [0.2, 0.25) is 0 Å². The fraction of sp³-hybridized carbons (Fsp3) is 0.167. The molecule has 2 aromatic heterocycles. The minimum Gasteiger partial charge on any atom is -0.295 e. The molecule has 0 aliphatic carbocycles. The first-order valence-corrected chi connectivity index (χ1v) is 8.46. The Morgan fingerprint density at radius 3 is 2.71 bits per heavy atom. The maximum atomic E-state index is 12.6. The third-order valence-electron chi connectivity index (χ3n) is 3.72. The Morgan fingerprint density at radius 2 is 2.00 bits per heavy atom. The highest BCUT2D eigenvalue weighted by atomic mass is 79.9. The van der Waals surface area contributed by atoms with Crippen molar-refractivity contribution in [2.24, 2.45) is 5.10 Å². The molecule has 2 heterocycles. The Kier molecular flexibility index (Phi) is 4.76. The highest BCUT2D eigenvalue weighted by Crippen LogP contribution is 2.13. The van der Waals surface area contributed by atoms with Crippen molar-refractivity contribution < 1.29 is 4.79 Å². The number of carbonyl (C=O) groups is 1. The van der Waals surface area contributed by atoms with Gasteiger partial charge in [0.15, 0.2) is 0 Å². The second kappa shape index (κ2) is 6.97. The Hall–Kier alpha value is -2.47. The summed E-state index contributed by atoms with van der Waals surface area (Å²) in [6.07, 6.45) is 2.54. The van der Waals surface area contributed by atoms with Gasteiger partial charge in [0.2, 0.25) is 0 Å². The van der Waals surface area contributed by atoms with Crippen molar-refractivity contribution in [1.29, 1.82) is 0 Å². The second-order valence-corrected chi connectivity index (χ2v) is 6.25. The van der Waals surface area contributed by atoms with E-state index in [-0.39, 0.29) is 5.91 Å². The minimum atomic E-state index is -0.269. The van der Waals surface area contributed by atoms with E-state index in [2.05, 4.69) is 31.4 Å². The van der Waals surface area contributed by atoms with Crippen LogP contribution in [0.1, 0.15) is 35.1 Å². The lowest BCUT2D eigenvalue weighted by atomic mass is 10.1. The molecular weight excluding hydrogens is 368 g/mol. The summed E-state index contributed by atoms with van der Waals surface area (Å²) in [5, 5.41) is 4.31. The van der Waals surface area contributed by atoms with Gasteiger partial charge in [-0.3, -0.25) is 9.20 Å². The van der Waals surface area contributed by atoms with Crippen molar-refractivity contribution in [3.05, 3.63) is 70.1 Å². The fourth-order valence-electron chi connectivity index (χ4n) is 2.55. The number of hydrogen-bond acceptors (Lipinski definition) is 3. The molecule has 1 N–H and O–H groups in total. The van der Waals surface area contributed by atoms with Crippen molar-refractivity contribution in [3.8, 4) is 0 Å². The minimum absolute atomic E-state index is 0.269. The Balaban J connectivity index is 1.87. The molecule has 0 spiro atoms. The third kappa shape index (κ3) is 3.23. The van der Waals surface area contributed by atoms with E-state index in [9.17, 15) is 4.79 Å². The van der Waals surface area contributed by atoms with Crippen molar-refractivity contribution in [1.82, 2.24) is 14.8 Å². The van der Waals surface area contributed by atoms with Gasteiger partial charge in [0.25, 0.3) is 5.91 Å². The van der Waals surface area contributed by atoms with Crippen molar-refractivity contribution in [2.45, 2.75) is 20.3 Å². The quantitative estimate of drug-likeness (QED) is 0.546. The van der Waals surface area contributed by atoms with Gasteiger partial charge in [0, 0.05) is 10.7 Å². The van der Waals surface area contributed by atoms with E-state index >= 15 is 0 Å². The summed E-state index contributed by atoms with van der Waals surface area (Å²) in [6, 6.07) is 13.5. The van der Waals surface area contributed by atoms with Gasteiger partial charge >= 0.3 is 0 Å². The molecule has 6 heteroatoms. The Bertz CT molecular complexity index is 912. The number of imidazole rings is 1. The first kappa shape index (κ1) is 16.4. The average Bonchev–Trinajstić information content (AvgIpc) is 2.92. The van der Waals surface area contributed by atoms with Crippen LogP contribution >= 0.6 is 15.9 Å². The van der Waals surface area contributed by atoms with Crippen LogP contribution in [-0.4, -0.2) is 21.0 Å². The smallest absolute Gasteiger partial charge is 0.290 e. The van der Waals surface area contributed by atoms with Crippen molar-refractivity contribution >= 4 is 33.2 Å². The summed E-state index contributed by atoms with van der Waals surface area (Å²) in [5.41, 5.74) is 6.38. The molecule has 0 bridgehead atoms. The van der Waals surface area contributed by atoms with E-state index in [0.717, 1.165) is 21.4 Å². The molecule has 0 atom stereocenters. The number of halogens is 1. The molecule has 0 aliphatic rings. The molecule has 3 rings (SSSR count). The van der Waals surface area contributed by atoms with Crippen molar-refractivity contribution in [3.63, 3.8) is 0 Å². The maximum absolute atomic E-state index is 12.6. The molecule has 122 valence electrons. The van der Waals surface area contributed by atoms with Crippen LogP contribution in [0.4, 0.5) is 0 Å². The van der Waals surface area contributed by atoms with Crippen LogP contribution in [-0.2, 0) is 0 Å². The number of hydrogen-bond donors (Lipinski definition) is 1. The summed E-state index contributed by atoms with van der Waals surface area (Å²) in [5.74, 6) is -0.269. The van der Waals surface area contributed by atoms with E-state index in [1.165, 1.54) is 0 Å². The van der Waals surface area contributed by atoms with Gasteiger partial charge in [-0.2, -0.15) is 5.10 Å². The lowest BCUT2D eigenvalue weighted by Gasteiger charge is -2.06. The van der Waals surface area contributed by atoms with Crippen LogP contribution < -0.4 is 5.43 Å². The van der Waals surface area contributed by atoms with Crippen molar-refractivity contribution in [2.75, 3.05) is 0 Å². The molecule has 1 aromatic carbocycles. The molecule has 0 aliphatic heterocycles. The predicted octanol–water partition coefficient (Wildman–Crippen LogP) is 3.95. The van der Waals surface area contributed by atoms with Gasteiger partial charge < -0.3 is 0 Å². The molecule has 3 aromatic rings. The number of rotatable bonds is 4. The average molecular weight is 385 g/mol. The molecule has 0 saturated heterocycles. The molecule has 1 amide bonds. The zero-order chi connectivity index (χ0) is 17.1. The number of fused-ring (bicyclic) bond motifs is 1. The number of hydrazone groups is 1. The summed E-state index contributed by atoms with van der Waals surface area (Å²) in [4.78, 5) is 17.0. The lowest BCUT2D eigenvalue weighted by Crippen LogP contribution is -2.22. The monoisotopic (exact) mass is 384 g/mol. The summed E-state index contributed by atoms with van der Waals surface area (Å²) >= 11 is 3.42. The number of aryl methyl sites for hydroxylation is 1. The molecule has 24 heavy (non-hydrogen) atoms. The molecule has 0 saturated carbocycles. The first-order valence-electron chi connectivity index (χ1n) is 7.66. The normalized spacial score (nSPS) is 11.7. The second-order valence-electron chi connectivity index (χ2n) is 5.33. The number of pyridine rings is 1. The summed E-state index contributed by atoms with van der Waals surface area (Å²) < 4.78 is 2.78. The van der Waals surface area contributed by atoms with Crippen LogP contribution in [0, 0.1) is 6.92 Å². The highest BCUT2D eigenvalue weighted by Gasteiger charge is 2.16. The van der Waals surface area contributed by atoms with E-state index in [1.54, 1.807) is 4.40 Å². The highest BCUT2D eigenvalue weighted by molar-refractivity contribution is 9.10. The van der Waals surface area contributed by atoms with Crippen LogP contribution in [0.15, 0.2) is 58.2 Å². The number of carbonyl (C=O) groups excluding carboxylic acids is 1. The standard InChI is InChI=1S/C18H17BrN4O/c1-3-15(13-7-9-14(19)10-8-13)21-22-18(24)17-12(2)20-16-6-4-5-11-23(16)17/h4-11H,3H2,1-2H3,(H,22,24)/b21-15-. The summed E-state index contributed by atoms with van der Waals surface area (Å²) in [6.45, 7) is 3.83. The molecule has 5 nitrogen and oxygen atoms in total. The maximum Gasteiger partial charge on any atom is 0.290 e. The van der Waals surface area contributed by atoms with Gasteiger partial charge in [-0.1, -0.05) is 41.1 Å². The van der Waals surface area contributed by atoms with Crippen LogP contribution in [0.5, 0.6) is 0 Å². The van der Waals surface area contributed by atoms with Gasteiger partial charge in [0.1, 0.15) is 11.3 Å². The Morgan fingerprint density at radius 1 is 1.25 bits per heavy atom. The first-order chi connectivity index (χ1) is 11.6. The summed E-state index contributed by atoms with van der Waals surface area (Å²) in [7, 11) is 0. The SMILES string of the molecule is CC/C(=N/NC(=O)c1c(C)nc2ccccn12)c1ccc(Br)cc1. The van der Waals surface area contributed by atoms with Gasteiger partial charge in [-0.15, -0.1) is 0 Å². The number of nitrogens with zero attached hydrogens (tertiary/aromatic N) is 3. The van der Waals surface area contributed by atoms with Gasteiger partial charge in [-0.05, 0) is 43.2 Å². The topological polar surface area (TPSA) is 58.8 Å². The molecule has 0 unspecified atom stereocenters. The lowest BCUT2D eigenvalue weighted by molar-refractivity contribution is 0.0948.